The zero-order valence-electron chi connectivity index (χ0n) is 20.4. The van der Waals surface area contributed by atoms with Crippen LogP contribution in [0.2, 0.25) is 0 Å². The summed E-state index contributed by atoms with van der Waals surface area (Å²) in [6.45, 7) is 6.27. The quantitative estimate of drug-likeness (QED) is 0.396. The average Bonchev–Trinajstić information content (AvgIpc) is 3.15. The van der Waals surface area contributed by atoms with Gasteiger partial charge in [0.15, 0.2) is 17.7 Å². The lowest BCUT2D eigenvalue weighted by Crippen LogP contribution is -2.50. The lowest BCUT2D eigenvalue weighted by atomic mass is 9.47. The summed E-state index contributed by atoms with van der Waals surface area (Å²) in [5.41, 5.74) is 1.21. The van der Waals surface area contributed by atoms with Crippen molar-refractivity contribution >= 4 is 17.5 Å². The van der Waals surface area contributed by atoms with E-state index in [-0.39, 0.29) is 41.7 Å². The van der Waals surface area contributed by atoms with Gasteiger partial charge in [0.05, 0.1) is 0 Å². The number of Topliss-reactive ketones (excluding diaryl/α,β-unsaturated/α-hetero) is 1. The molecule has 4 rings (SSSR count). The number of allylic oxidation sites excluding steroid dienone is 4. The summed E-state index contributed by atoms with van der Waals surface area (Å²) in [6.07, 6.45) is 11.6. The molecule has 6 heteroatoms. The normalized spacial score (nSPS) is 38.1. The maximum Gasteiger partial charge on any atom is 0.335 e. The predicted molar refractivity (Wildman–Crippen MR) is 123 cm³/mol. The maximum atomic E-state index is 13.2. The first-order valence-corrected chi connectivity index (χ1v) is 12.5. The molecule has 4 aliphatic carbocycles. The number of fused-ring (bicyclic) bond motifs is 5. The molecule has 0 amide bonds. The maximum absolute atomic E-state index is 13.2. The lowest BCUT2D eigenvalue weighted by molar-refractivity contribution is -0.168. The molecule has 3 saturated carbocycles. The summed E-state index contributed by atoms with van der Waals surface area (Å²) < 4.78 is 15.6. The van der Waals surface area contributed by atoms with E-state index in [0.717, 1.165) is 38.5 Å². The van der Waals surface area contributed by atoms with Gasteiger partial charge < -0.3 is 14.2 Å². The fraction of sp³-hybridized carbons (Fsp3) is 0.741. The average molecular weight is 459 g/mol. The van der Waals surface area contributed by atoms with Crippen LogP contribution in [0, 0.1) is 34.5 Å². The predicted octanol–water partition coefficient (Wildman–Crippen LogP) is 4.42. The minimum atomic E-state index is -0.708. The van der Waals surface area contributed by atoms with E-state index in [1.54, 1.807) is 6.08 Å². The number of esters is 1. The third-order valence-electron chi connectivity index (χ3n) is 9.32. The highest BCUT2D eigenvalue weighted by molar-refractivity contribution is 6.01. The Hall–Kier alpha value is -1.79. The number of methoxy groups -OCH3 is 1. The Balaban J connectivity index is 1.42. The summed E-state index contributed by atoms with van der Waals surface area (Å²) in [5.74, 6) is 1.18. The fourth-order valence-electron chi connectivity index (χ4n) is 7.57. The third kappa shape index (κ3) is 4.25. The van der Waals surface area contributed by atoms with Gasteiger partial charge in [0, 0.05) is 18.4 Å². The van der Waals surface area contributed by atoms with Crippen LogP contribution < -0.4 is 0 Å². The van der Waals surface area contributed by atoms with Gasteiger partial charge in [0.25, 0.3) is 0 Å². The van der Waals surface area contributed by atoms with Gasteiger partial charge in [0.2, 0.25) is 0 Å². The van der Waals surface area contributed by atoms with Crippen molar-refractivity contribution in [3.05, 3.63) is 23.8 Å². The molecule has 0 spiro atoms. The second-order valence-corrected chi connectivity index (χ2v) is 10.8. The van der Waals surface area contributed by atoms with Crippen molar-refractivity contribution < 1.29 is 28.6 Å². The molecule has 0 saturated heterocycles. The number of carbonyl (C=O) groups excluding carboxylic acids is 3. The summed E-state index contributed by atoms with van der Waals surface area (Å²) in [7, 11) is 1.50. The molecule has 6 nitrogen and oxygen atoms in total. The summed E-state index contributed by atoms with van der Waals surface area (Å²) in [4.78, 5) is 37.5. The Morgan fingerprint density at radius 3 is 2.67 bits per heavy atom. The number of ketones is 2. The minimum Gasteiger partial charge on any atom is -0.456 e. The van der Waals surface area contributed by atoms with Crippen LogP contribution in [0.25, 0.3) is 0 Å². The molecular weight excluding hydrogens is 420 g/mol. The highest BCUT2D eigenvalue weighted by Gasteiger charge is 2.59. The van der Waals surface area contributed by atoms with Gasteiger partial charge in [-0.15, -0.1) is 0 Å². The molecule has 0 aromatic heterocycles. The Kier molecular flexibility index (Phi) is 6.97. The van der Waals surface area contributed by atoms with Gasteiger partial charge in [-0.25, -0.2) is 4.79 Å². The van der Waals surface area contributed by atoms with Gasteiger partial charge in [-0.1, -0.05) is 32.4 Å². The number of hydrogen-bond donors (Lipinski definition) is 0. The highest BCUT2D eigenvalue weighted by Crippen LogP contribution is 2.66. The molecule has 0 radical (unpaired) electrons. The summed E-state index contributed by atoms with van der Waals surface area (Å²) >= 11 is 0. The topological polar surface area (TPSA) is 78.9 Å². The monoisotopic (exact) mass is 458 g/mol. The lowest BCUT2D eigenvalue weighted by Gasteiger charge is -2.56. The minimum absolute atomic E-state index is 0.0195. The van der Waals surface area contributed by atoms with E-state index in [9.17, 15) is 14.4 Å². The first-order chi connectivity index (χ1) is 15.7. The van der Waals surface area contributed by atoms with Crippen molar-refractivity contribution in [1.29, 1.82) is 0 Å². The molecule has 1 unspecified atom stereocenters. The second kappa shape index (κ2) is 9.46. The van der Waals surface area contributed by atoms with Crippen LogP contribution in [-0.2, 0) is 28.6 Å². The Labute approximate surface area is 197 Å². The van der Waals surface area contributed by atoms with E-state index in [4.69, 9.17) is 14.2 Å². The standard InChI is InChI=1S/C27H38O6/c1-5-24(33-16-31-4)25(30)32-15-23(29)22-9-8-20-19-7-6-17-14-18(28)10-12-26(17,2)21(19)11-13-27(20,22)3/h10,12,14,19-22,24H,5-9,11,13,15-16H2,1-4H3/t19-,20-,21-,22+,24?,26-,27-/m0/s1. The van der Waals surface area contributed by atoms with Gasteiger partial charge in [-0.2, -0.15) is 0 Å². The van der Waals surface area contributed by atoms with Crippen LogP contribution in [0.1, 0.15) is 65.7 Å². The van der Waals surface area contributed by atoms with E-state index in [1.165, 1.54) is 12.7 Å². The van der Waals surface area contributed by atoms with Crippen molar-refractivity contribution in [2.45, 2.75) is 71.8 Å². The number of ether oxygens (including phenoxy) is 3. The van der Waals surface area contributed by atoms with Crippen molar-refractivity contribution in [3.8, 4) is 0 Å². The first-order valence-electron chi connectivity index (χ1n) is 12.5. The van der Waals surface area contributed by atoms with Gasteiger partial charge >= 0.3 is 5.97 Å². The van der Waals surface area contributed by atoms with E-state index in [0.29, 0.717) is 24.2 Å². The fourth-order valence-corrected chi connectivity index (χ4v) is 7.57. The Morgan fingerprint density at radius 1 is 1.15 bits per heavy atom. The van der Waals surface area contributed by atoms with Crippen LogP contribution in [-0.4, -0.2) is 44.1 Å². The molecule has 0 bridgehead atoms. The zero-order valence-corrected chi connectivity index (χ0v) is 20.4. The van der Waals surface area contributed by atoms with E-state index < -0.39 is 12.1 Å². The van der Waals surface area contributed by atoms with Gasteiger partial charge in [-0.3, -0.25) is 9.59 Å². The van der Waals surface area contributed by atoms with Crippen molar-refractivity contribution in [2.75, 3.05) is 20.5 Å². The molecule has 182 valence electrons. The highest BCUT2D eigenvalue weighted by atomic mass is 16.7. The number of hydrogen-bond acceptors (Lipinski definition) is 6. The van der Waals surface area contributed by atoms with Crippen molar-refractivity contribution in [3.63, 3.8) is 0 Å². The SMILES string of the molecule is CCC(OCOC)C(=O)OCC(=O)[C@H]1CC[C@H]2[C@@H]3CCC4=CC(=O)C=C[C@]4(C)[C@H]3CC[C@]12C. The van der Waals surface area contributed by atoms with Crippen LogP contribution in [0.4, 0.5) is 0 Å². The molecule has 0 aromatic rings. The molecule has 4 aliphatic rings. The Morgan fingerprint density at radius 2 is 1.94 bits per heavy atom. The number of carbonyl (C=O) groups is 3. The van der Waals surface area contributed by atoms with Gasteiger partial charge in [-0.05, 0) is 80.3 Å². The Bertz CT molecular complexity index is 859. The molecule has 3 fully saturated rings. The van der Waals surface area contributed by atoms with Crippen LogP contribution in [0.5, 0.6) is 0 Å². The van der Waals surface area contributed by atoms with Crippen molar-refractivity contribution in [1.82, 2.24) is 0 Å². The molecule has 0 heterocycles. The van der Waals surface area contributed by atoms with Crippen molar-refractivity contribution in [2.24, 2.45) is 34.5 Å². The molecule has 0 aromatic carbocycles. The van der Waals surface area contributed by atoms with E-state index >= 15 is 0 Å². The molecule has 7 atom stereocenters. The summed E-state index contributed by atoms with van der Waals surface area (Å²) in [5, 5.41) is 0. The van der Waals surface area contributed by atoms with Gasteiger partial charge in [0.1, 0.15) is 13.4 Å². The summed E-state index contributed by atoms with van der Waals surface area (Å²) in [6, 6.07) is 0. The molecule has 0 N–H and O–H groups in total. The van der Waals surface area contributed by atoms with E-state index in [1.807, 2.05) is 13.0 Å². The zero-order chi connectivity index (χ0) is 23.8. The van der Waals surface area contributed by atoms with Crippen LogP contribution >= 0.6 is 0 Å². The molecule has 33 heavy (non-hydrogen) atoms. The molecule has 0 aliphatic heterocycles. The number of rotatable bonds is 8. The first kappa shape index (κ1) is 24.3. The smallest absolute Gasteiger partial charge is 0.335 e. The van der Waals surface area contributed by atoms with E-state index in [2.05, 4.69) is 19.9 Å². The third-order valence-corrected chi connectivity index (χ3v) is 9.32. The van der Waals surface area contributed by atoms with Crippen LogP contribution in [0.3, 0.4) is 0 Å². The molecular formula is C27H38O6. The van der Waals surface area contributed by atoms with Crippen LogP contribution in [0.15, 0.2) is 23.8 Å². The second-order valence-electron chi connectivity index (χ2n) is 10.8. The largest absolute Gasteiger partial charge is 0.456 e.